The zero-order chi connectivity index (χ0) is 13.9. The highest BCUT2D eigenvalue weighted by atomic mass is 32.2. The third-order valence-corrected chi connectivity index (χ3v) is 4.74. The van der Waals surface area contributed by atoms with Gasteiger partial charge >= 0.3 is 0 Å². The zero-order valence-corrected chi connectivity index (χ0v) is 12.6. The predicted octanol–water partition coefficient (Wildman–Crippen LogP) is 2.26. The minimum absolute atomic E-state index is 0.197. The molecule has 4 heteroatoms. The van der Waals surface area contributed by atoms with Gasteiger partial charge in [0.25, 0.3) is 0 Å². The van der Waals surface area contributed by atoms with E-state index in [-0.39, 0.29) is 11.8 Å². The summed E-state index contributed by atoms with van der Waals surface area (Å²) >= 11 is 0. The lowest BCUT2D eigenvalue weighted by Gasteiger charge is -2.20. The maximum atomic E-state index is 11.1. The Morgan fingerprint density at radius 1 is 1.21 bits per heavy atom. The number of benzene rings is 1. The molecule has 1 N–H and O–H groups in total. The second-order valence-electron chi connectivity index (χ2n) is 5.54. The van der Waals surface area contributed by atoms with Crippen LogP contribution in [0.1, 0.15) is 42.5 Å². The Kier molecular flexibility index (Phi) is 4.63. The van der Waals surface area contributed by atoms with E-state index in [4.69, 9.17) is 0 Å². The highest BCUT2D eigenvalue weighted by molar-refractivity contribution is 7.90. The minimum atomic E-state index is -2.88. The van der Waals surface area contributed by atoms with Crippen molar-refractivity contribution in [2.24, 2.45) is 0 Å². The Labute approximate surface area is 116 Å². The first-order valence-corrected chi connectivity index (χ1v) is 9.04. The normalized spacial score (nSPS) is 16.9. The molecule has 0 aliphatic heterocycles. The van der Waals surface area contributed by atoms with Gasteiger partial charge in [0.1, 0.15) is 9.84 Å². The van der Waals surface area contributed by atoms with Crippen molar-refractivity contribution in [1.82, 2.24) is 5.32 Å². The molecule has 3 nitrogen and oxygen atoms in total. The van der Waals surface area contributed by atoms with Crippen LogP contribution in [0.5, 0.6) is 0 Å². The molecule has 0 saturated heterocycles. The van der Waals surface area contributed by atoms with Gasteiger partial charge in [-0.1, -0.05) is 18.2 Å². The van der Waals surface area contributed by atoms with Gasteiger partial charge in [0, 0.05) is 18.8 Å². The summed E-state index contributed by atoms with van der Waals surface area (Å²) in [7, 11) is -2.88. The fourth-order valence-electron chi connectivity index (χ4n) is 2.60. The van der Waals surface area contributed by atoms with Crippen molar-refractivity contribution in [2.45, 2.75) is 38.6 Å². The van der Waals surface area contributed by atoms with Crippen LogP contribution in [0.3, 0.4) is 0 Å². The van der Waals surface area contributed by atoms with Gasteiger partial charge in [-0.05, 0) is 49.3 Å². The van der Waals surface area contributed by atoms with E-state index in [0.717, 1.165) is 0 Å². The van der Waals surface area contributed by atoms with E-state index in [1.165, 1.54) is 48.6 Å². The maximum absolute atomic E-state index is 11.1. The van der Waals surface area contributed by atoms with Crippen LogP contribution in [-0.4, -0.2) is 27.0 Å². The molecule has 0 radical (unpaired) electrons. The van der Waals surface area contributed by atoms with Gasteiger partial charge in [0.05, 0.1) is 5.75 Å². The first kappa shape index (κ1) is 14.5. The molecule has 2 rings (SSSR count). The van der Waals surface area contributed by atoms with E-state index < -0.39 is 9.84 Å². The zero-order valence-electron chi connectivity index (χ0n) is 11.8. The molecule has 1 aromatic carbocycles. The van der Waals surface area contributed by atoms with E-state index in [0.29, 0.717) is 6.54 Å². The minimum Gasteiger partial charge on any atom is -0.309 e. The fourth-order valence-corrected chi connectivity index (χ4v) is 3.09. The Balaban J connectivity index is 1.97. The molecule has 1 unspecified atom stereocenters. The Bertz CT molecular complexity index is 537. The van der Waals surface area contributed by atoms with Gasteiger partial charge in [-0.25, -0.2) is 8.42 Å². The van der Waals surface area contributed by atoms with E-state index in [1.54, 1.807) is 0 Å². The Morgan fingerprint density at radius 3 is 2.58 bits per heavy atom. The summed E-state index contributed by atoms with van der Waals surface area (Å²) in [5.74, 6) is 0.197. The lowest BCUT2D eigenvalue weighted by atomic mass is 9.89. The molecule has 1 aromatic rings. The molecule has 0 heterocycles. The van der Waals surface area contributed by atoms with Crippen molar-refractivity contribution in [3.63, 3.8) is 0 Å². The molecule has 0 saturated carbocycles. The number of nitrogens with one attached hydrogen (secondary N) is 1. The number of fused-ring (bicyclic) bond motifs is 1. The Morgan fingerprint density at radius 2 is 1.89 bits per heavy atom. The number of sulfone groups is 1. The summed E-state index contributed by atoms with van der Waals surface area (Å²) in [4.78, 5) is 0. The summed E-state index contributed by atoms with van der Waals surface area (Å²) in [5, 5.41) is 3.28. The van der Waals surface area contributed by atoms with E-state index in [2.05, 4.69) is 30.4 Å². The second kappa shape index (κ2) is 6.06. The standard InChI is InChI=1S/C15H23NO2S/c1-12(16-9-10-19(2,17)18)14-8-7-13-5-3-4-6-15(13)11-14/h7-8,11-12,16H,3-6,9-10H2,1-2H3. The topological polar surface area (TPSA) is 46.2 Å². The number of hydrogen-bond donors (Lipinski definition) is 1. The van der Waals surface area contributed by atoms with Crippen molar-refractivity contribution in [3.05, 3.63) is 34.9 Å². The largest absolute Gasteiger partial charge is 0.309 e. The molecule has 0 amide bonds. The molecule has 1 aliphatic rings. The summed E-state index contributed by atoms with van der Waals surface area (Å²) < 4.78 is 22.2. The highest BCUT2D eigenvalue weighted by Crippen LogP contribution is 2.24. The van der Waals surface area contributed by atoms with Crippen LogP contribution in [0, 0.1) is 0 Å². The molecule has 0 bridgehead atoms. The van der Waals surface area contributed by atoms with E-state index >= 15 is 0 Å². The molecular formula is C15H23NO2S. The SMILES string of the molecule is CC(NCCS(C)(=O)=O)c1ccc2c(c1)CCCC2. The van der Waals surface area contributed by atoms with Gasteiger partial charge in [0.2, 0.25) is 0 Å². The number of aryl methyl sites for hydroxylation is 2. The lowest BCUT2D eigenvalue weighted by Crippen LogP contribution is -2.25. The smallest absolute Gasteiger partial charge is 0.148 e. The monoisotopic (exact) mass is 281 g/mol. The second-order valence-corrected chi connectivity index (χ2v) is 7.80. The van der Waals surface area contributed by atoms with E-state index in [9.17, 15) is 8.42 Å². The number of rotatable bonds is 5. The Hall–Kier alpha value is -0.870. The third-order valence-electron chi connectivity index (χ3n) is 3.80. The quantitative estimate of drug-likeness (QED) is 0.900. The van der Waals surface area contributed by atoms with Crippen LogP contribution in [0.2, 0.25) is 0 Å². The summed E-state index contributed by atoms with van der Waals surface area (Å²) in [6.45, 7) is 2.60. The lowest BCUT2D eigenvalue weighted by molar-refractivity contribution is 0.574. The highest BCUT2D eigenvalue weighted by Gasteiger charge is 2.12. The molecule has 0 spiro atoms. The van der Waals surface area contributed by atoms with Crippen molar-refractivity contribution < 1.29 is 8.42 Å². The van der Waals surface area contributed by atoms with Crippen LogP contribution >= 0.6 is 0 Å². The van der Waals surface area contributed by atoms with Crippen molar-refractivity contribution >= 4 is 9.84 Å². The average molecular weight is 281 g/mol. The van der Waals surface area contributed by atoms with Crippen LogP contribution < -0.4 is 5.32 Å². The molecular weight excluding hydrogens is 258 g/mol. The van der Waals surface area contributed by atoms with Crippen molar-refractivity contribution in [1.29, 1.82) is 0 Å². The molecule has 1 atom stereocenters. The van der Waals surface area contributed by atoms with Gasteiger partial charge < -0.3 is 5.32 Å². The predicted molar refractivity (Wildman–Crippen MR) is 79.2 cm³/mol. The molecule has 0 aromatic heterocycles. The first-order chi connectivity index (χ1) is 8.96. The van der Waals surface area contributed by atoms with Crippen molar-refractivity contribution in [3.8, 4) is 0 Å². The third kappa shape index (κ3) is 4.32. The fraction of sp³-hybridized carbons (Fsp3) is 0.600. The van der Waals surface area contributed by atoms with Gasteiger partial charge in [-0.2, -0.15) is 0 Å². The first-order valence-electron chi connectivity index (χ1n) is 6.98. The van der Waals surface area contributed by atoms with E-state index in [1.807, 2.05) is 0 Å². The van der Waals surface area contributed by atoms with Crippen LogP contribution in [-0.2, 0) is 22.7 Å². The summed E-state index contributed by atoms with van der Waals surface area (Å²) in [5.41, 5.74) is 4.22. The van der Waals surface area contributed by atoms with Crippen molar-refractivity contribution in [2.75, 3.05) is 18.6 Å². The van der Waals surface area contributed by atoms with Gasteiger partial charge in [-0.15, -0.1) is 0 Å². The van der Waals surface area contributed by atoms with Gasteiger partial charge in [0.15, 0.2) is 0 Å². The molecule has 0 fully saturated rings. The molecule has 106 valence electrons. The average Bonchev–Trinajstić information content (AvgIpc) is 2.36. The molecule has 1 aliphatic carbocycles. The maximum Gasteiger partial charge on any atom is 0.148 e. The molecule has 19 heavy (non-hydrogen) atoms. The van der Waals surface area contributed by atoms with Gasteiger partial charge in [-0.3, -0.25) is 0 Å². The van der Waals surface area contributed by atoms with Crippen LogP contribution in [0.15, 0.2) is 18.2 Å². The summed E-state index contributed by atoms with van der Waals surface area (Å²) in [6, 6.07) is 6.89. The number of hydrogen-bond acceptors (Lipinski definition) is 3. The van der Waals surface area contributed by atoms with Crippen LogP contribution in [0.4, 0.5) is 0 Å². The van der Waals surface area contributed by atoms with Crippen LogP contribution in [0.25, 0.3) is 0 Å². The summed E-state index contributed by atoms with van der Waals surface area (Å²) in [6.07, 6.45) is 6.24.